The Hall–Kier alpha value is -1.88. The van der Waals surface area contributed by atoms with Gasteiger partial charge in [-0.25, -0.2) is 0 Å². The summed E-state index contributed by atoms with van der Waals surface area (Å²) in [6.45, 7) is 3.36. The molecular formula is C16H23N3O2. The maximum Gasteiger partial charge on any atom is 0.226 e. The second-order valence-corrected chi connectivity index (χ2v) is 5.53. The van der Waals surface area contributed by atoms with E-state index >= 15 is 0 Å². The van der Waals surface area contributed by atoms with Crippen LogP contribution in [-0.2, 0) is 9.59 Å². The summed E-state index contributed by atoms with van der Waals surface area (Å²) >= 11 is 0. The predicted molar refractivity (Wildman–Crippen MR) is 82.9 cm³/mol. The molecule has 114 valence electrons. The van der Waals surface area contributed by atoms with Gasteiger partial charge in [0.25, 0.3) is 0 Å². The molecule has 1 aromatic rings. The molecule has 0 unspecified atom stereocenters. The number of hydrogen-bond acceptors (Lipinski definition) is 3. The lowest BCUT2D eigenvalue weighted by Gasteiger charge is -2.27. The average Bonchev–Trinajstić information content (AvgIpc) is 2.48. The van der Waals surface area contributed by atoms with Gasteiger partial charge < -0.3 is 16.0 Å². The lowest BCUT2D eigenvalue weighted by atomic mass is 9.92. The molecule has 0 aliphatic carbocycles. The number of piperidine rings is 1. The van der Waals surface area contributed by atoms with Gasteiger partial charge in [-0.05, 0) is 38.4 Å². The monoisotopic (exact) mass is 289 g/mol. The fraction of sp³-hybridized carbons (Fsp3) is 0.500. The van der Waals surface area contributed by atoms with Crippen molar-refractivity contribution >= 4 is 17.5 Å². The fourth-order valence-corrected chi connectivity index (χ4v) is 2.56. The third-order valence-electron chi connectivity index (χ3n) is 3.70. The highest BCUT2D eigenvalue weighted by Gasteiger charge is 2.24. The topological polar surface area (TPSA) is 70.2 Å². The molecule has 5 nitrogen and oxygen atoms in total. The summed E-state index contributed by atoms with van der Waals surface area (Å²) < 4.78 is 0. The second-order valence-electron chi connectivity index (χ2n) is 5.53. The van der Waals surface area contributed by atoms with E-state index in [0.29, 0.717) is 19.0 Å². The molecule has 1 fully saturated rings. The highest BCUT2D eigenvalue weighted by atomic mass is 16.2. The van der Waals surface area contributed by atoms with Gasteiger partial charge in [-0.1, -0.05) is 18.2 Å². The summed E-state index contributed by atoms with van der Waals surface area (Å²) in [5, 5.41) is 8.99. The molecule has 2 atom stereocenters. The van der Waals surface area contributed by atoms with Crippen molar-refractivity contribution in [2.75, 3.05) is 18.4 Å². The Labute approximate surface area is 125 Å². The highest BCUT2D eigenvalue weighted by molar-refractivity contribution is 5.91. The van der Waals surface area contributed by atoms with Gasteiger partial charge in [-0.2, -0.15) is 0 Å². The van der Waals surface area contributed by atoms with Gasteiger partial charge in [0.1, 0.15) is 0 Å². The molecule has 0 aromatic heterocycles. The van der Waals surface area contributed by atoms with Crippen LogP contribution in [0.2, 0.25) is 0 Å². The maximum absolute atomic E-state index is 12.0. The Morgan fingerprint density at radius 3 is 2.76 bits per heavy atom. The first kappa shape index (κ1) is 15.5. The van der Waals surface area contributed by atoms with Crippen molar-refractivity contribution < 1.29 is 9.59 Å². The lowest BCUT2D eigenvalue weighted by Crippen LogP contribution is -2.42. The standard InChI is InChI=1S/C16H23N3O2/c1-12-11-13(7-9-17-12)16(21)18-10-8-15(20)19-14-5-3-2-4-6-14/h2-6,12-13,17H,7-11H2,1H3,(H,18,21)(H,19,20)/t12-,13-/m0/s1. The molecule has 1 saturated heterocycles. The van der Waals surface area contributed by atoms with Crippen molar-refractivity contribution in [3.05, 3.63) is 30.3 Å². The van der Waals surface area contributed by atoms with Crippen LogP contribution >= 0.6 is 0 Å². The van der Waals surface area contributed by atoms with Crippen LogP contribution < -0.4 is 16.0 Å². The number of hydrogen-bond donors (Lipinski definition) is 3. The zero-order valence-electron chi connectivity index (χ0n) is 12.4. The molecule has 1 aliphatic rings. The van der Waals surface area contributed by atoms with E-state index in [1.807, 2.05) is 30.3 Å². The third kappa shape index (κ3) is 5.19. The number of rotatable bonds is 5. The highest BCUT2D eigenvalue weighted by Crippen LogP contribution is 2.15. The number of carbonyl (C=O) groups excluding carboxylic acids is 2. The molecule has 0 radical (unpaired) electrons. The minimum Gasteiger partial charge on any atom is -0.355 e. The predicted octanol–water partition coefficient (Wildman–Crippen LogP) is 1.52. The zero-order valence-corrected chi connectivity index (χ0v) is 12.4. The lowest BCUT2D eigenvalue weighted by molar-refractivity contribution is -0.126. The molecule has 21 heavy (non-hydrogen) atoms. The molecule has 5 heteroatoms. The van der Waals surface area contributed by atoms with Crippen LogP contribution in [0.1, 0.15) is 26.2 Å². The van der Waals surface area contributed by atoms with E-state index in [1.165, 1.54) is 0 Å². The van der Waals surface area contributed by atoms with Crippen molar-refractivity contribution in [1.82, 2.24) is 10.6 Å². The maximum atomic E-state index is 12.0. The number of nitrogens with one attached hydrogen (secondary N) is 3. The van der Waals surface area contributed by atoms with Gasteiger partial charge in [0, 0.05) is 30.6 Å². The molecule has 1 aliphatic heterocycles. The van der Waals surface area contributed by atoms with Gasteiger partial charge in [0.15, 0.2) is 0 Å². The minimum atomic E-state index is -0.0832. The number of carbonyl (C=O) groups is 2. The molecular weight excluding hydrogens is 266 g/mol. The molecule has 2 amide bonds. The van der Waals surface area contributed by atoms with Gasteiger partial charge >= 0.3 is 0 Å². The Balaban J connectivity index is 1.66. The third-order valence-corrected chi connectivity index (χ3v) is 3.70. The number of amides is 2. The van der Waals surface area contributed by atoms with Crippen LogP contribution in [0.15, 0.2) is 30.3 Å². The molecule has 3 N–H and O–H groups in total. The number of benzene rings is 1. The zero-order chi connectivity index (χ0) is 15.1. The first-order chi connectivity index (χ1) is 10.1. The van der Waals surface area contributed by atoms with Crippen LogP contribution in [-0.4, -0.2) is 30.9 Å². The summed E-state index contributed by atoms with van der Waals surface area (Å²) in [6, 6.07) is 9.71. The number of anilines is 1. The van der Waals surface area contributed by atoms with Crippen molar-refractivity contribution in [3.8, 4) is 0 Å². The first-order valence-corrected chi connectivity index (χ1v) is 7.51. The van der Waals surface area contributed by atoms with E-state index in [1.54, 1.807) is 0 Å². The summed E-state index contributed by atoms with van der Waals surface area (Å²) in [5.41, 5.74) is 0.779. The molecule has 0 spiro atoms. The Bertz CT molecular complexity index is 476. The van der Waals surface area contributed by atoms with Gasteiger partial charge in [-0.15, -0.1) is 0 Å². The molecule has 0 saturated carbocycles. The molecule has 0 bridgehead atoms. The van der Waals surface area contributed by atoms with Crippen molar-refractivity contribution in [1.29, 1.82) is 0 Å². The van der Waals surface area contributed by atoms with Crippen LogP contribution in [0.4, 0.5) is 5.69 Å². The fourth-order valence-electron chi connectivity index (χ4n) is 2.56. The van der Waals surface area contributed by atoms with Crippen LogP contribution in [0.3, 0.4) is 0 Å². The van der Waals surface area contributed by atoms with E-state index in [9.17, 15) is 9.59 Å². The van der Waals surface area contributed by atoms with Crippen molar-refractivity contribution in [3.63, 3.8) is 0 Å². The second kappa shape index (κ2) is 7.78. The summed E-state index contributed by atoms with van der Waals surface area (Å²) in [5.74, 6) is 0.0504. The molecule has 2 rings (SSSR count). The van der Waals surface area contributed by atoms with Gasteiger partial charge in [-0.3, -0.25) is 9.59 Å². The van der Waals surface area contributed by atoms with E-state index in [0.717, 1.165) is 25.1 Å². The summed E-state index contributed by atoms with van der Waals surface area (Å²) in [4.78, 5) is 23.8. The Morgan fingerprint density at radius 2 is 2.05 bits per heavy atom. The molecule has 1 aromatic carbocycles. The largest absolute Gasteiger partial charge is 0.355 e. The van der Waals surface area contributed by atoms with Crippen LogP contribution in [0, 0.1) is 5.92 Å². The van der Waals surface area contributed by atoms with E-state index in [2.05, 4.69) is 22.9 Å². The van der Waals surface area contributed by atoms with E-state index in [-0.39, 0.29) is 17.7 Å². The molecule has 1 heterocycles. The van der Waals surface area contributed by atoms with Crippen molar-refractivity contribution in [2.24, 2.45) is 5.92 Å². The Kier molecular flexibility index (Phi) is 5.75. The van der Waals surface area contributed by atoms with Gasteiger partial charge in [0.2, 0.25) is 11.8 Å². The number of para-hydroxylation sites is 1. The minimum absolute atomic E-state index is 0.0656. The van der Waals surface area contributed by atoms with Gasteiger partial charge in [0.05, 0.1) is 0 Å². The summed E-state index contributed by atoms with van der Waals surface area (Å²) in [6.07, 6.45) is 2.02. The SMILES string of the molecule is C[C@H]1C[C@@H](C(=O)NCCC(=O)Nc2ccccc2)CCN1. The normalized spacial score (nSPS) is 21.6. The van der Waals surface area contributed by atoms with E-state index in [4.69, 9.17) is 0 Å². The summed E-state index contributed by atoms with van der Waals surface area (Å²) in [7, 11) is 0. The average molecular weight is 289 g/mol. The van der Waals surface area contributed by atoms with Crippen LogP contribution in [0.5, 0.6) is 0 Å². The van der Waals surface area contributed by atoms with Crippen LogP contribution in [0.25, 0.3) is 0 Å². The smallest absolute Gasteiger partial charge is 0.226 e. The Morgan fingerprint density at radius 1 is 1.29 bits per heavy atom. The first-order valence-electron chi connectivity index (χ1n) is 7.51. The van der Waals surface area contributed by atoms with E-state index < -0.39 is 0 Å². The quantitative estimate of drug-likeness (QED) is 0.769. The van der Waals surface area contributed by atoms with Crippen molar-refractivity contribution in [2.45, 2.75) is 32.2 Å².